The van der Waals surface area contributed by atoms with Gasteiger partial charge in [0, 0.05) is 47.6 Å². The Morgan fingerprint density at radius 1 is 1.43 bits per heavy atom. The fraction of sp³-hybridized carbons (Fsp3) is 0.706. The maximum atomic E-state index is 5.71. The van der Waals surface area contributed by atoms with Crippen LogP contribution in [0.4, 0.5) is 0 Å². The van der Waals surface area contributed by atoms with Crippen molar-refractivity contribution in [1.29, 1.82) is 0 Å². The van der Waals surface area contributed by atoms with Crippen LogP contribution in [-0.2, 0) is 11.2 Å². The van der Waals surface area contributed by atoms with E-state index >= 15 is 0 Å². The molecule has 2 heterocycles. The zero-order chi connectivity index (χ0) is 14.9. The van der Waals surface area contributed by atoms with Gasteiger partial charge in [-0.1, -0.05) is 0 Å². The highest BCUT2D eigenvalue weighted by atomic mass is 16.5. The molecule has 1 unspecified atom stereocenters. The average molecular weight is 290 g/mol. The highest BCUT2D eigenvalue weighted by molar-refractivity contribution is 5.41. The summed E-state index contributed by atoms with van der Waals surface area (Å²) in [6.07, 6.45) is 6.66. The van der Waals surface area contributed by atoms with Crippen molar-refractivity contribution in [3.8, 4) is 5.75 Å². The smallest absolute Gasteiger partial charge is 0.128 e. The Kier molecular flexibility index (Phi) is 4.18. The van der Waals surface area contributed by atoms with Gasteiger partial charge in [0.05, 0.1) is 13.7 Å². The maximum absolute atomic E-state index is 5.71. The highest BCUT2D eigenvalue weighted by Crippen LogP contribution is 2.35. The molecule has 0 bridgehead atoms. The molecular weight excluding hydrogens is 264 g/mol. The number of nitrogens with one attached hydrogen (secondary N) is 1. The number of pyridine rings is 1. The predicted molar refractivity (Wildman–Crippen MR) is 82.9 cm³/mol. The summed E-state index contributed by atoms with van der Waals surface area (Å²) in [6, 6.07) is 0.740. The van der Waals surface area contributed by atoms with Gasteiger partial charge in [-0.2, -0.15) is 0 Å². The molecule has 1 aliphatic carbocycles. The van der Waals surface area contributed by atoms with Gasteiger partial charge in [-0.25, -0.2) is 0 Å². The lowest BCUT2D eigenvalue weighted by Crippen LogP contribution is -2.38. The van der Waals surface area contributed by atoms with Gasteiger partial charge in [0.15, 0.2) is 0 Å². The SMILES string of the molecule is COc1c(C)cnc(CC2(CNC3CC3)CCOC2)c1C. The van der Waals surface area contributed by atoms with Gasteiger partial charge in [-0.15, -0.1) is 0 Å². The first-order valence-electron chi connectivity index (χ1n) is 7.94. The zero-order valence-corrected chi connectivity index (χ0v) is 13.4. The minimum absolute atomic E-state index is 0.195. The second kappa shape index (κ2) is 5.93. The summed E-state index contributed by atoms with van der Waals surface area (Å²) in [6.45, 7) is 6.91. The second-order valence-electron chi connectivity index (χ2n) is 6.68. The molecule has 116 valence electrons. The van der Waals surface area contributed by atoms with E-state index in [1.807, 2.05) is 13.1 Å². The van der Waals surface area contributed by atoms with Gasteiger partial charge in [0.1, 0.15) is 5.75 Å². The molecule has 1 atom stereocenters. The monoisotopic (exact) mass is 290 g/mol. The van der Waals surface area contributed by atoms with Crippen LogP contribution in [-0.4, -0.2) is 37.9 Å². The summed E-state index contributed by atoms with van der Waals surface area (Å²) in [5, 5.41) is 3.68. The van der Waals surface area contributed by atoms with E-state index < -0.39 is 0 Å². The summed E-state index contributed by atoms with van der Waals surface area (Å²) in [7, 11) is 1.74. The number of hydrogen-bond acceptors (Lipinski definition) is 4. The molecule has 0 aromatic carbocycles. The summed E-state index contributed by atoms with van der Waals surface area (Å²) in [4.78, 5) is 4.67. The van der Waals surface area contributed by atoms with E-state index in [1.54, 1.807) is 7.11 Å². The van der Waals surface area contributed by atoms with Crippen LogP contribution in [0, 0.1) is 19.3 Å². The first kappa shape index (κ1) is 14.8. The van der Waals surface area contributed by atoms with Crippen LogP contribution in [0.15, 0.2) is 6.20 Å². The number of ether oxygens (including phenoxy) is 2. The van der Waals surface area contributed by atoms with Crippen molar-refractivity contribution in [1.82, 2.24) is 10.3 Å². The van der Waals surface area contributed by atoms with Crippen LogP contribution in [0.1, 0.15) is 36.1 Å². The van der Waals surface area contributed by atoms with Crippen molar-refractivity contribution in [3.63, 3.8) is 0 Å². The lowest BCUT2D eigenvalue weighted by molar-refractivity contribution is 0.148. The molecule has 21 heavy (non-hydrogen) atoms. The average Bonchev–Trinajstić information content (AvgIpc) is 3.20. The van der Waals surface area contributed by atoms with E-state index in [1.165, 1.54) is 18.4 Å². The number of nitrogens with zero attached hydrogens (tertiary/aromatic N) is 1. The molecule has 1 saturated carbocycles. The summed E-state index contributed by atoms with van der Waals surface area (Å²) in [5.41, 5.74) is 3.63. The van der Waals surface area contributed by atoms with E-state index in [2.05, 4.69) is 17.2 Å². The van der Waals surface area contributed by atoms with Gasteiger partial charge in [-0.05, 0) is 39.5 Å². The Balaban J connectivity index is 1.78. The van der Waals surface area contributed by atoms with E-state index in [0.717, 1.165) is 55.6 Å². The molecule has 1 N–H and O–H groups in total. The first-order chi connectivity index (χ1) is 10.1. The fourth-order valence-corrected chi connectivity index (χ4v) is 3.24. The van der Waals surface area contributed by atoms with Crippen molar-refractivity contribution < 1.29 is 9.47 Å². The minimum Gasteiger partial charge on any atom is -0.496 e. The normalized spacial score (nSPS) is 25.3. The van der Waals surface area contributed by atoms with Crippen molar-refractivity contribution in [2.75, 3.05) is 26.9 Å². The van der Waals surface area contributed by atoms with Crippen LogP contribution in [0.5, 0.6) is 5.75 Å². The Hall–Kier alpha value is -1.13. The zero-order valence-electron chi connectivity index (χ0n) is 13.4. The number of methoxy groups -OCH3 is 1. The topological polar surface area (TPSA) is 43.4 Å². The van der Waals surface area contributed by atoms with Crippen molar-refractivity contribution in [2.45, 2.75) is 45.6 Å². The number of rotatable bonds is 6. The van der Waals surface area contributed by atoms with Gasteiger partial charge in [0.2, 0.25) is 0 Å². The molecule has 1 aromatic rings. The molecular formula is C17H26N2O2. The first-order valence-corrected chi connectivity index (χ1v) is 7.94. The third kappa shape index (κ3) is 3.22. The summed E-state index contributed by atoms with van der Waals surface area (Å²) >= 11 is 0. The largest absolute Gasteiger partial charge is 0.496 e. The standard InChI is InChI=1S/C17H26N2O2/c1-12-9-18-15(13(2)16(12)20-3)8-17(6-7-21-11-17)10-19-14-4-5-14/h9,14,19H,4-8,10-11H2,1-3H3. The maximum Gasteiger partial charge on any atom is 0.128 e. The number of aryl methyl sites for hydroxylation is 1. The van der Waals surface area contributed by atoms with E-state index in [-0.39, 0.29) is 5.41 Å². The van der Waals surface area contributed by atoms with Gasteiger partial charge < -0.3 is 14.8 Å². The third-order valence-corrected chi connectivity index (χ3v) is 4.82. The van der Waals surface area contributed by atoms with Gasteiger partial charge >= 0.3 is 0 Å². The van der Waals surface area contributed by atoms with Gasteiger partial charge in [-0.3, -0.25) is 4.98 Å². The second-order valence-corrected chi connectivity index (χ2v) is 6.68. The van der Waals surface area contributed by atoms with Crippen LogP contribution in [0.3, 0.4) is 0 Å². The highest BCUT2D eigenvalue weighted by Gasteiger charge is 2.37. The number of hydrogen-bond donors (Lipinski definition) is 1. The summed E-state index contributed by atoms with van der Waals surface area (Å²) in [5.74, 6) is 0.976. The molecule has 4 nitrogen and oxygen atoms in total. The van der Waals surface area contributed by atoms with E-state index in [0.29, 0.717) is 0 Å². The van der Waals surface area contributed by atoms with Crippen LogP contribution in [0.25, 0.3) is 0 Å². The Morgan fingerprint density at radius 3 is 2.86 bits per heavy atom. The predicted octanol–water partition coefficient (Wildman–Crippen LogP) is 2.41. The van der Waals surface area contributed by atoms with Crippen LogP contribution < -0.4 is 10.1 Å². The van der Waals surface area contributed by atoms with E-state index in [9.17, 15) is 0 Å². The quantitative estimate of drug-likeness (QED) is 0.874. The molecule has 4 heteroatoms. The van der Waals surface area contributed by atoms with Crippen molar-refractivity contribution >= 4 is 0 Å². The lowest BCUT2D eigenvalue weighted by atomic mass is 9.81. The third-order valence-electron chi connectivity index (χ3n) is 4.82. The van der Waals surface area contributed by atoms with E-state index in [4.69, 9.17) is 9.47 Å². The minimum atomic E-state index is 0.195. The molecule has 3 rings (SSSR count). The van der Waals surface area contributed by atoms with Crippen LogP contribution in [0.2, 0.25) is 0 Å². The van der Waals surface area contributed by atoms with Crippen LogP contribution >= 0.6 is 0 Å². The molecule has 0 radical (unpaired) electrons. The Bertz CT molecular complexity index is 506. The molecule has 2 fully saturated rings. The Labute approximate surface area is 127 Å². The molecule has 2 aliphatic rings. The summed E-state index contributed by atoms with van der Waals surface area (Å²) < 4.78 is 11.2. The molecule has 1 aromatic heterocycles. The molecule has 0 amide bonds. The lowest BCUT2D eigenvalue weighted by Gasteiger charge is -2.28. The Morgan fingerprint density at radius 2 is 2.24 bits per heavy atom. The molecule has 0 spiro atoms. The number of aromatic nitrogens is 1. The molecule has 1 aliphatic heterocycles. The van der Waals surface area contributed by atoms with Crippen molar-refractivity contribution in [3.05, 3.63) is 23.0 Å². The van der Waals surface area contributed by atoms with Gasteiger partial charge in [0.25, 0.3) is 0 Å². The van der Waals surface area contributed by atoms with Crippen molar-refractivity contribution in [2.24, 2.45) is 5.41 Å². The fourth-order valence-electron chi connectivity index (χ4n) is 3.24. The molecule has 1 saturated heterocycles.